The van der Waals surface area contributed by atoms with Crippen LogP contribution in [0.25, 0.3) is 11.0 Å². The molecule has 1 fully saturated rings. The monoisotopic (exact) mass is 292 g/mol. The van der Waals surface area contributed by atoms with Crippen molar-refractivity contribution in [1.82, 2.24) is 10.6 Å². The molecule has 4 nitrogen and oxygen atoms in total. The average Bonchev–Trinajstić information content (AvgIpc) is 2.77. The Bertz CT molecular complexity index is 645. The average molecular weight is 293 g/mol. The maximum absolute atomic E-state index is 12.3. The quantitative estimate of drug-likeness (QED) is 0.895. The van der Waals surface area contributed by atoms with Crippen molar-refractivity contribution in [2.75, 3.05) is 13.1 Å². The molecule has 2 N–H and O–H groups in total. The van der Waals surface area contributed by atoms with Gasteiger partial charge in [0.05, 0.1) is 0 Å². The molecule has 106 valence electrons. The van der Waals surface area contributed by atoms with E-state index in [9.17, 15) is 4.79 Å². The number of halogens is 1. The fourth-order valence-electron chi connectivity index (χ4n) is 2.64. The van der Waals surface area contributed by atoms with Gasteiger partial charge in [0.2, 0.25) is 0 Å². The van der Waals surface area contributed by atoms with Gasteiger partial charge in [-0.2, -0.15) is 0 Å². The van der Waals surface area contributed by atoms with Crippen LogP contribution < -0.4 is 10.6 Å². The molecule has 0 saturated carbocycles. The molecule has 20 heavy (non-hydrogen) atoms. The standard InChI is InChI=1S/C15H17ClN2O2/c1-9-12-7-10(16)4-5-13(12)20-14(9)15(19)18-11-3-2-6-17-8-11/h4-5,7,11,17H,2-3,6,8H2,1H3,(H,18,19)/t11-/m0/s1. The summed E-state index contributed by atoms with van der Waals surface area (Å²) in [6.07, 6.45) is 2.09. The molecule has 1 aromatic heterocycles. The van der Waals surface area contributed by atoms with E-state index in [0.29, 0.717) is 16.4 Å². The lowest BCUT2D eigenvalue weighted by Gasteiger charge is -2.23. The van der Waals surface area contributed by atoms with Gasteiger partial charge in [-0.3, -0.25) is 4.79 Å². The van der Waals surface area contributed by atoms with E-state index in [2.05, 4.69) is 10.6 Å². The Labute approximate surface area is 122 Å². The Morgan fingerprint density at radius 2 is 2.35 bits per heavy atom. The van der Waals surface area contributed by atoms with Crippen LogP contribution in [0.15, 0.2) is 22.6 Å². The van der Waals surface area contributed by atoms with E-state index in [1.807, 2.05) is 13.0 Å². The van der Waals surface area contributed by atoms with Gasteiger partial charge in [0.1, 0.15) is 5.58 Å². The molecule has 0 radical (unpaired) electrons. The van der Waals surface area contributed by atoms with Crippen LogP contribution in [-0.4, -0.2) is 25.0 Å². The SMILES string of the molecule is Cc1c(C(=O)N[C@H]2CCCNC2)oc2ccc(Cl)cc12. The number of amides is 1. The zero-order valence-corrected chi connectivity index (χ0v) is 12.1. The molecule has 3 rings (SSSR count). The lowest BCUT2D eigenvalue weighted by molar-refractivity contribution is 0.0904. The van der Waals surface area contributed by atoms with Crippen LogP contribution in [-0.2, 0) is 0 Å². The second kappa shape index (κ2) is 5.46. The summed E-state index contributed by atoms with van der Waals surface area (Å²) >= 11 is 5.98. The van der Waals surface area contributed by atoms with Crippen LogP contribution in [0.5, 0.6) is 0 Å². The third-order valence-electron chi connectivity index (χ3n) is 3.74. The van der Waals surface area contributed by atoms with Crippen molar-refractivity contribution in [2.24, 2.45) is 0 Å². The van der Waals surface area contributed by atoms with Gasteiger partial charge in [0.25, 0.3) is 5.91 Å². The Balaban J connectivity index is 1.85. The maximum atomic E-state index is 12.3. The molecule has 1 aliphatic heterocycles. The minimum absolute atomic E-state index is 0.150. The van der Waals surface area contributed by atoms with E-state index in [1.54, 1.807) is 12.1 Å². The first-order chi connectivity index (χ1) is 9.65. The lowest BCUT2D eigenvalue weighted by Crippen LogP contribution is -2.45. The smallest absolute Gasteiger partial charge is 0.287 e. The molecule has 1 amide bonds. The summed E-state index contributed by atoms with van der Waals surface area (Å²) in [7, 11) is 0. The largest absolute Gasteiger partial charge is 0.451 e. The molecule has 2 aromatic rings. The predicted octanol–water partition coefficient (Wildman–Crippen LogP) is 2.88. The van der Waals surface area contributed by atoms with Crippen molar-refractivity contribution in [3.63, 3.8) is 0 Å². The molecule has 0 aliphatic carbocycles. The normalized spacial score (nSPS) is 19.2. The van der Waals surface area contributed by atoms with Gasteiger partial charge in [0.15, 0.2) is 5.76 Å². The fourth-order valence-corrected chi connectivity index (χ4v) is 2.81. The molecular weight excluding hydrogens is 276 g/mol. The van der Waals surface area contributed by atoms with Gasteiger partial charge < -0.3 is 15.1 Å². The number of rotatable bonds is 2. The van der Waals surface area contributed by atoms with Crippen molar-refractivity contribution in [2.45, 2.75) is 25.8 Å². The molecule has 1 atom stereocenters. The van der Waals surface area contributed by atoms with Gasteiger partial charge >= 0.3 is 0 Å². The number of aryl methyl sites for hydroxylation is 1. The summed E-state index contributed by atoms with van der Waals surface area (Å²) in [5.74, 6) is 0.233. The van der Waals surface area contributed by atoms with Gasteiger partial charge in [-0.1, -0.05) is 11.6 Å². The first kappa shape index (κ1) is 13.5. The molecule has 1 aliphatic rings. The Hall–Kier alpha value is -1.52. The summed E-state index contributed by atoms with van der Waals surface area (Å²) in [6, 6.07) is 5.56. The number of piperidine rings is 1. The summed E-state index contributed by atoms with van der Waals surface area (Å²) < 4.78 is 5.67. The van der Waals surface area contributed by atoms with Crippen molar-refractivity contribution in [3.05, 3.63) is 34.5 Å². The molecule has 0 bridgehead atoms. The first-order valence-corrected chi connectivity index (χ1v) is 7.23. The number of benzene rings is 1. The second-order valence-electron chi connectivity index (χ2n) is 5.21. The fraction of sp³-hybridized carbons (Fsp3) is 0.400. The van der Waals surface area contributed by atoms with Crippen LogP contribution in [0, 0.1) is 6.92 Å². The Kier molecular flexibility index (Phi) is 3.68. The van der Waals surface area contributed by atoms with E-state index in [4.69, 9.17) is 16.0 Å². The molecule has 1 aromatic carbocycles. The highest BCUT2D eigenvalue weighted by Crippen LogP contribution is 2.27. The molecule has 2 heterocycles. The molecule has 1 saturated heterocycles. The predicted molar refractivity (Wildman–Crippen MR) is 79.3 cm³/mol. The minimum Gasteiger partial charge on any atom is -0.451 e. The number of hydrogen-bond donors (Lipinski definition) is 2. The zero-order valence-electron chi connectivity index (χ0n) is 11.3. The van der Waals surface area contributed by atoms with E-state index in [0.717, 1.165) is 36.9 Å². The van der Waals surface area contributed by atoms with Crippen LogP contribution >= 0.6 is 11.6 Å². The number of nitrogens with one attached hydrogen (secondary N) is 2. The number of furan rings is 1. The topological polar surface area (TPSA) is 54.3 Å². The highest BCUT2D eigenvalue weighted by molar-refractivity contribution is 6.31. The zero-order chi connectivity index (χ0) is 14.1. The van der Waals surface area contributed by atoms with Crippen LogP contribution in [0.2, 0.25) is 5.02 Å². The maximum Gasteiger partial charge on any atom is 0.287 e. The van der Waals surface area contributed by atoms with E-state index in [-0.39, 0.29) is 11.9 Å². The number of hydrogen-bond acceptors (Lipinski definition) is 3. The summed E-state index contributed by atoms with van der Waals surface area (Å²) in [6.45, 7) is 3.72. The van der Waals surface area contributed by atoms with Gasteiger partial charge in [0, 0.05) is 28.6 Å². The van der Waals surface area contributed by atoms with Gasteiger partial charge in [-0.25, -0.2) is 0 Å². The summed E-state index contributed by atoms with van der Waals surface area (Å²) in [5.41, 5.74) is 1.53. The highest BCUT2D eigenvalue weighted by atomic mass is 35.5. The van der Waals surface area contributed by atoms with Gasteiger partial charge in [-0.15, -0.1) is 0 Å². The van der Waals surface area contributed by atoms with Crippen molar-refractivity contribution >= 4 is 28.5 Å². The number of carbonyl (C=O) groups excluding carboxylic acids is 1. The minimum atomic E-state index is -0.150. The van der Waals surface area contributed by atoms with Crippen molar-refractivity contribution in [3.8, 4) is 0 Å². The molecular formula is C15H17ClN2O2. The Morgan fingerprint density at radius 3 is 3.10 bits per heavy atom. The van der Waals surface area contributed by atoms with Crippen molar-refractivity contribution < 1.29 is 9.21 Å². The van der Waals surface area contributed by atoms with Gasteiger partial charge in [-0.05, 0) is 44.5 Å². The van der Waals surface area contributed by atoms with Crippen LogP contribution in [0.1, 0.15) is 29.0 Å². The second-order valence-corrected chi connectivity index (χ2v) is 5.65. The molecule has 5 heteroatoms. The third-order valence-corrected chi connectivity index (χ3v) is 3.97. The number of fused-ring (bicyclic) bond motifs is 1. The number of carbonyl (C=O) groups is 1. The first-order valence-electron chi connectivity index (χ1n) is 6.85. The molecule has 0 unspecified atom stereocenters. The van der Waals surface area contributed by atoms with E-state index < -0.39 is 0 Å². The van der Waals surface area contributed by atoms with Crippen LogP contribution in [0.3, 0.4) is 0 Å². The summed E-state index contributed by atoms with van der Waals surface area (Å²) in [4.78, 5) is 12.3. The van der Waals surface area contributed by atoms with Crippen molar-refractivity contribution in [1.29, 1.82) is 0 Å². The van der Waals surface area contributed by atoms with E-state index >= 15 is 0 Å². The van der Waals surface area contributed by atoms with E-state index in [1.165, 1.54) is 0 Å². The Morgan fingerprint density at radius 1 is 1.50 bits per heavy atom. The third kappa shape index (κ3) is 2.53. The molecule has 0 spiro atoms. The lowest BCUT2D eigenvalue weighted by atomic mass is 10.1. The highest BCUT2D eigenvalue weighted by Gasteiger charge is 2.21. The summed E-state index contributed by atoms with van der Waals surface area (Å²) in [5, 5.41) is 7.84. The van der Waals surface area contributed by atoms with Crippen LogP contribution in [0.4, 0.5) is 0 Å².